The third-order valence-corrected chi connectivity index (χ3v) is 3.23. The lowest BCUT2D eigenvalue weighted by atomic mass is 10.0. The van der Waals surface area contributed by atoms with Crippen molar-refractivity contribution in [2.45, 2.75) is 24.0 Å². The van der Waals surface area contributed by atoms with Gasteiger partial charge in [-0.05, 0) is 23.4 Å². The first-order valence-electron chi connectivity index (χ1n) is 5.30. The quantitative estimate of drug-likeness (QED) is 0.780. The number of hydrogen-bond donors (Lipinski definition) is 1. The zero-order valence-corrected chi connectivity index (χ0v) is 10.5. The Hall–Kier alpha value is -0.580. The number of nitrogens with two attached hydrogens (primary N) is 1. The van der Waals surface area contributed by atoms with Crippen LogP contribution in [0.15, 0.2) is 29.2 Å². The molecule has 0 aliphatic heterocycles. The second-order valence-corrected chi connectivity index (χ2v) is 4.81. The summed E-state index contributed by atoms with van der Waals surface area (Å²) >= 11 is 1.77. The van der Waals surface area contributed by atoms with E-state index in [0.29, 0.717) is 0 Å². The highest BCUT2D eigenvalue weighted by Crippen LogP contribution is 2.24. The second kappa shape index (κ2) is 6.89. The number of ether oxygens (including phenoxy) is 1. The average molecular weight is 243 g/mol. The molecule has 0 fully saturated rings. The van der Waals surface area contributed by atoms with Gasteiger partial charge in [-0.2, -0.15) is 0 Å². The number of methoxy groups -OCH3 is 1. The van der Waals surface area contributed by atoms with Crippen LogP contribution < -0.4 is 5.73 Å². The third-order valence-electron chi connectivity index (χ3n) is 2.34. The van der Waals surface area contributed by atoms with E-state index in [2.05, 4.69) is 6.92 Å². The van der Waals surface area contributed by atoms with E-state index in [9.17, 15) is 4.39 Å². The van der Waals surface area contributed by atoms with Crippen molar-refractivity contribution in [3.05, 3.63) is 29.8 Å². The molecule has 0 amide bonds. The normalized spacial score (nSPS) is 14.8. The number of benzene rings is 1. The highest BCUT2D eigenvalue weighted by atomic mass is 32.2. The zero-order chi connectivity index (χ0) is 12.0. The van der Waals surface area contributed by atoms with E-state index in [0.717, 1.165) is 11.3 Å². The van der Waals surface area contributed by atoms with Gasteiger partial charge in [0.25, 0.3) is 0 Å². The number of thioether (sulfide) groups is 1. The van der Waals surface area contributed by atoms with Crippen molar-refractivity contribution < 1.29 is 9.13 Å². The number of alkyl halides is 1. The summed E-state index contributed by atoms with van der Waals surface area (Å²) in [4.78, 5) is 1.20. The molecular formula is C12H18FNOS. The van der Waals surface area contributed by atoms with Crippen molar-refractivity contribution >= 4 is 11.8 Å². The molecule has 0 aliphatic carbocycles. The van der Waals surface area contributed by atoms with Crippen LogP contribution in [0.2, 0.25) is 0 Å². The van der Waals surface area contributed by atoms with Gasteiger partial charge in [-0.3, -0.25) is 0 Å². The Kier molecular flexibility index (Phi) is 5.80. The fourth-order valence-electron chi connectivity index (χ4n) is 1.56. The van der Waals surface area contributed by atoms with E-state index in [4.69, 9.17) is 10.5 Å². The molecule has 0 saturated heterocycles. The van der Waals surface area contributed by atoms with Crippen LogP contribution in [0, 0.1) is 0 Å². The molecule has 2 atom stereocenters. The van der Waals surface area contributed by atoms with Gasteiger partial charge in [0.1, 0.15) is 6.67 Å². The molecule has 0 aromatic heterocycles. The Balaban J connectivity index is 2.78. The molecule has 2 N–H and O–H groups in total. The van der Waals surface area contributed by atoms with Gasteiger partial charge in [-0.25, -0.2) is 4.39 Å². The summed E-state index contributed by atoms with van der Waals surface area (Å²) in [6.45, 7) is 1.53. The van der Waals surface area contributed by atoms with Crippen molar-refractivity contribution in [1.29, 1.82) is 0 Å². The molecule has 0 heterocycles. The molecule has 90 valence electrons. The van der Waals surface area contributed by atoms with Crippen LogP contribution in [-0.2, 0) is 4.74 Å². The van der Waals surface area contributed by atoms with Gasteiger partial charge in [0.15, 0.2) is 0 Å². The smallest absolute Gasteiger partial charge is 0.107 e. The maximum atomic E-state index is 12.5. The molecule has 2 nitrogen and oxygen atoms in total. The highest BCUT2D eigenvalue weighted by Gasteiger charge is 2.18. The van der Waals surface area contributed by atoms with Crippen LogP contribution in [0.5, 0.6) is 0 Å². The topological polar surface area (TPSA) is 35.2 Å². The van der Waals surface area contributed by atoms with E-state index in [1.807, 2.05) is 24.3 Å². The highest BCUT2D eigenvalue weighted by molar-refractivity contribution is 7.99. The minimum absolute atomic E-state index is 0.370. The van der Waals surface area contributed by atoms with Crippen molar-refractivity contribution in [1.82, 2.24) is 0 Å². The van der Waals surface area contributed by atoms with Gasteiger partial charge < -0.3 is 10.5 Å². The first-order valence-corrected chi connectivity index (χ1v) is 6.28. The monoisotopic (exact) mass is 243 g/mol. The molecule has 0 aliphatic rings. The van der Waals surface area contributed by atoms with Crippen molar-refractivity contribution in [3.63, 3.8) is 0 Å². The first-order chi connectivity index (χ1) is 7.72. The Morgan fingerprint density at radius 1 is 1.38 bits per heavy atom. The lowest BCUT2D eigenvalue weighted by molar-refractivity contribution is 0.0720. The molecule has 1 rings (SSSR count). The maximum Gasteiger partial charge on any atom is 0.107 e. The van der Waals surface area contributed by atoms with E-state index >= 15 is 0 Å². The third kappa shape index (κ3) is 3.47. The Morgan fingerprint density at radius 3 is 2.44 bits per heavy atom. The molecule has 0 spiro atoms. The lowest BCUT2D eigenvalue weighted by Crippen LogP contribution is -2.31. The van der Waals surface area contributed by atoms with Crippen LogP contribution in [0.25, 0.3) is 0 Å². The summed E-state index contributed by atoms with van der Waals surface area (Å²) in [5.74, 6) is 1.04. The lowest BCUT2D eigenvalue weighted by Gasteiger charge is -2.20. The molecule has 0 bridgehead atoms. The van der Waals surface area contributed by atoms with Gasteiger partial charge in [0.2, 0.25) is 0 Å². The fourth-order valence-corrected chi connectivity index (χ4v) is 2.22. The zero-order valence-electron chi connectivity index (χ0n) is 9.65. The van der Waals surface area contributed by atoms with E-state index in [-0.39, 0.29) is 6.10 Å². The predicted octanol–water partition coefficient (Wildman–Crippen LogP) is 2.78. The van der Waals surface area contributed by atoms with Gasteiger partial charge in [0.05, 0.1) is 12.1 Å². The van der Waals surface area contributed by atoms with E-state index in [1.165, 1.54) is 4.90 Å². The average Bonchev–Trinajstić information content (AvgIpc) is 2.32. The van der Waals surface area contributed by atoms with Crippen LogP contribution in [-0.4, -0.2) is 25.6 Å². The maximum absolute atomic E-state index is 12.5. The number of rotatable bonds is 6. The van der Waals surface area contributed by atoms with Crippen molar-refractivity contribution in [3.8, 4) is 0 Å². The van der Waals surface area contributed by atoms with Gasteiger partial charge in [-0.1, -0.05) is 19.1 Å². The van der Waals surface area contributed by atoms with Crippen molar-refractivity contribution in [2.75, 3.05) is 19.5 Å². The van der Waals surface area contributed by atoms with Crippen molar-refractivity contribution in [2.24, 2.45) is 5.73 Å². The molecule has 0 radical (unpaired) electrons. The summed E-state index contributed by atoms with van der Waals surface area (Å²) in [7, 11) is 1.55. The standard InChI is InChI=1S/C12H18FNOS/c1-3-16-10-6-4-9(5-7-10)12(15-2)11(14)8-13/h4-7,11-12H,3,8,14H2,1-2H3. The van der Waals surface area contributed by atoms with Crippen LogP contribution in [0.1, 0.15) is 18.6 Å². The molecule has 4 heteroatoms. The Morgan fingerprint density at radius 2 is 2.00 bits per heavy atom. The van der Waals surface area contributed by atoms with Gasteiger partial charge in [-0.15, -0.1) is 11.8 Å². The molecular weight excluding hydrogens is 225 g/mol. The molecule has 16 heavy (non-hydrogen) atoms. The van der Waals surface area contributed by atoms with Crippen LogP contribution in [0.4, 0.5) is 4.39 Å². The van der Waals surface area contributed by atoms with Gasteiger partial charge >= 0.3 is 0 Å². The largest absolute Gasteiger partial charge is 0.375 e. The SMILES string of the molecule is CCSc1ccc(C(OC)C(N)CF)cc1. The molecule has 2 unspecified atom stereocenters. The van der Waals surface area contributed by atoms with E-state index in [1.54, 1.807) is 18.9 Å². The van der Waals surface area contributed by atoms with Crippen LogP contribution >= 0.6 is 11.8 Å². The minimum Gasteiger partial charge on any atom is -0.375 e. The number of halogens is 1. The molecule has 1 aromatic rings. The predicted molar refractivity (Wildman–Crippen MR) is 66.5 cm³/mol. The Labute approximate surface area is 100 Å². The molecule has 1 aromatic carbocycles. The first kappa shape index (κ1) is 13.5. The Bertz CT molecular complexity index is 304. The van der Waals surface area contributed by atoms with Gasteiger partial charge in [0, 0.05) is 12.0 Å². The van der Waals surface area contributed by atoms with E-state index < -0.39 is 12.7 Å². The molecule has 0 saturated carbocycles. The summed E-state index contributed by atoms with van der Waals surface area (Å²) < 4.78 is 17.7. The summed E-state index contributed by atoms with van der Waals surface area (Å²) in [6.07, 6.45) is -0.370. The summed E-state index contributed by atoms with van der Waals surface area (Å²) in [5.41, 5.74) is 6.58. The number of hydrogen-bond acceptors (Lipinski definition) is 3. The minimum atomic E-state index is -0.602. The fraction of sp³-hybridized carbons (Fsp3) is 0.500. The summed E-state index contributed by atoms with van der Waals surface area (Å²) in [6, 6.07) is 7.32. The second-order valence-electron chi connectivity index (χ2n) is 3.48. The summed E-state index contributed by atoms with van der Waals surface area (Å²) in [5, 5.41) is 0. The van der Waals surface area contributed by atoms with Crippen LogP contribution in [0.3, 0.4) is 0 Å².